The Hall–Kier alpha value is -2.06. The van der Waals surface area contributed by atoms with Gasteiger partial charge in [-0.15, -0.1) is 0 Å². The van der Waals surface area contributed by atoms with Crippen molar-refractivity contribution in [3.8, 4) is 23.0 Å². The smallest absolute Gasteiger partial charge is 0.228 e. The second-order valence-electron chi connectivity index (χ2n) is 6.19. The molecule has 0 aliphatic heterocycles. The number of hydrogen-bond donors (Lipinski definition) is 1. The maximum atomic E-state index is 10.4. The molecule has 4 rings (SSSR count). The van der Waals surface area contributed by atoms with E-state index in [1.54, 1.807) is 48.7 Å². The molecule has 0 saturated heterocycles. The molecule has 5 nitrogen and oxygen atoms in total. The van der Waals surface area contributed by atoms with Crippen molar-refractivity contribution in [1.82, 2.24) is 4.98 Å². The van der Waals surface area contributed by atoms with Crippen LogP contribution in [-0.4, -0.2) is 23.4 Å². The van der Waals surface area contributed by atoms with Crippen LogP contribution in [0.15, 0.2) is 60.8 Å². The van der Waals surface area contributed by atoms with Gasteiger partial charge >= 0.3 is 0 Å². The Balaban J connectivity index is 1.72. The summed E-state index contributed by atoms with van der Waals surface area (Å²) in [5.74, 6) is 0.689. The molecular weight excluding hydrogens is 559 g/mol. The summed E-state index contributed by atoms with van der Waals surface area (Å²) in [6.45, 7) is 0. The predicted molar refractivity (Wildman–Crippen MR) is 127 cm³/mol. The number of nitrogens with zero attached hydrogens (tertiary/aromatic N) is 2. The Labute approximate surface area is 198 Å². The molecule has 1 heterocycles. The number of aromatic nitrogens is 1. The van der Waals surface area contributed by atoms with Gasteiger partial charge in [-0.25, -0.2) is 4.98 Å². The molecule has 1 N–H and O–H groups in total. The van der Waals surface area contributed by atoms with Crippen LogP contribution in [0.25, 0.3) is 22.6 Å². The van der Waals surface area contributed by atoms with Gasteiger partial charge in [0.15, 0.2) is 17.1 Å². The largest absolute Gasteiger partial charge is 0.504 e. The van der Waals surface area contributed by atoms with Crippen molar-refractivity contribution in [2.24, 2.45) is 4.99 Å². The molecule has 4 aromatic rings. The van der Waals surface area contributed by atoms with Crippen molar-refractivity contribution in [2.75, 3.05) is 7.11 Å². The molecule has 0 fully saturated rings. The number of ether oxygens (including phenoxy) is 1. The van der Waals surface area contributed by atoms with Crippen LogP contribution in [0.4, 0.5) is 5.69 Å². The summed E-state index contributed by atoms with van der Waals surface area (Å²) in [4.78, 5) is 8.97. The molecule has 30 heavy (non-hydrogen) atoms. The number of fused-ring (bicyclic) bond motifs is 1. The van der Waals surface area contributed by atoms with Crippen LogP contribution < -0.4 is 4.74 Å². The number of benzene rings is 3. The van der Waals surface area contributed by atoms with E-state index in [0.717, 1.165) is 4.47 Å². The fourth-order valence-electron chi connectivity index (χ4n) is 2.80. The van der Waals surface area contributed by atoms with Gasteiger partial charge in [-0.05, 0) is 74.3 Å². The Morgan fingerprint density at radius 2 is 1.93 bits per heavy atom. The maximum Gasteiger partial charge on any atom is 0.228 e. The molecular formula is C21H12Br2Cl2N2O3. The molecule has 152 valence electrons. The standard InChI is InChI=1S/C21H12Br2Cl2N2O3/c1-29-18-8-14(22)19(23)13(20(18)28)9-26-11-3-5-17-16(7-11)27-21(30-17)12-6-10(24)2-4-15(12)25/h2-9,28H,1H3. The SMILES string of the molecule is COc1cc(Br)c(Br)c(C=Nc2ccc3oc(-c4cc(Cl)ccc4Cl)nc3c2)c1O. The predicted octanol–water partition coefficient (Wildman–Crippen LogP) is 7.79. The summed E-state index contributed by atoms with van der Waals surface area (Å²) >= 11 is 19.2. The van der Waals surface area contributed by atoms with Crippen molar-refractivity contribution < 1.29 is 14.3 Å². The Morgan fingerprint density at radius 1 is 1.13 bits per heavy atom. The third kappa shape index (κ3) is 4.07. The quantitative estimate of drug-likeness (QED) is 0.254. The van der Waals surface area contributed by atoms with Crippen LogP contribution in [0.3, 0.4) is 0 Å². The highest BCUT2D eigenvalue weighted by molar-refractivity contribution is 9.13. The molecule has 0 bridgehead atoms. The van der Waals surface area contributed by atoms with E-state index in [2.05, 4.69) is 41.8 Å². The third-order valence-corrected chi connectivity index (χ3v) is 6.86. The summed E-state index contributed by atoms with van der Waals surface area (Å²) < 4.78 is 12.4. The first-order chi connectivity index (χ1) is 14.4. The lowest BCUT2D eigenvalue weighted by molar-refractivity contribution is 0.372. The Morgan fingerprint density at radius 3 is 2.70 bits per heavy atom. The summed E-state index contributed by atoms with van der Waals surface area (Å²) in [6.07, 6.45) is 1.54. The molecule has 0 atom stereocenters. The van der Waals surface area contributed by atoms with E-state index in [4.69, 9.17) is 32.4 Å². The highest BCUT2D eigenvalue weighted by atomic mass is 79.9. The first kappa shape index (κ1) is 21.2. The molecule has 1 aromatic heterocycles. The van der Waals surface area contributed by atoms with E-state index in [9.17, 15) is 5.11 Å². The molecule has 0 amide bonds. The molecule has 3 aromatic carbocycles. The average Bonchev–Trinajstić information content (AvgIpc) is 3.15. The van der Waals surface area contributed by atoms with Gasteiger partial charge in [0.2, 0.25) is 5.89 Å². The number of phenols is 1. The minimum atomic E-state index is -0.0169. The minimum absolute atomic E-state index is 0.0169. The van der Waals surface area contributed by atoms with E-state index < -0.39 is 0 Å². The van der Waals surface area contributed by atoms with Crippen LogP contribution in [0.2, 0.25) is 10.0 Å². The number of oxazole rings is 1. The summed E-state index contributed by atoms with van der Waals surface area (Å²) in [6, 6.07) is 12.1. The highest BCUT2D eigenvalue weighted by Gasteiger charge is 2.15. The van der Waals surface area contributed by atoms with Gasteiger partial charge < -0.3 is 14.3 Å². The van der Waals surface area contributed by atoms with Gasteiger partial charge in [0.25, 0.3) is 0 Å². The Kier molecular flexibility index (Phi) is 6.06. The number of halogens is 4. The van der Waals surface area contributed by atoms with E-state index in [1.807, 2.05) is 0 Å². The molecule has 0 aliphatic carbocycles. The van der Waals surface area contributed by atoms with Crippen LogP contribution in [0.1, 0.15) is 5.56 Å². The lowest BCUT2D eigenvalue weighted by Gasteiger charge is -2.09. The zero-order valence-electron chi connectivity index (χ0n) is 15.3. The van der Waals surface area contributed by atoms with Crippen molar-refractivity contribution in [2.45, 2.75) is 0 Å². The number of aromatic hydroxyl groups is 1. The maximum absolute atomic E-state index is 10.4. The average molecular weight is 571 g/mol. The van der Waals surface area contributed by atoms with Gasteiger partial charge in [-0.3, -0.25) is 4.99 Å². The van der Waals surface area contributed by atoms with Gasteiger partial charge in [-0.1, -0.05) is 23.2 Å². The third-order valence-electron chi connectivity index (χ3n) is 4.29. The fourth-order valence-corrected chi connectivity index (χ4v) is 3.99. The number of phenolic OH excluding ortho intramolecular Hbond substituents is 1. The number of methoxy groups -OCH3 is 1. The molecule has 0 spiro atoms. The zero-order valence-corrected chi connectivity index (χ0v) is 20.0. The van der Waals surface area contributed by atoms with E-state index in [0.29, 0.717) is 54.1 Å². The molecule has 0 saturated carbocycles. The number of aliphatic imine (C=N–C) groups is 1. The monoisotopic (exact) mass is 568 g/mol. The van der Waals surface area contributed by atoms with Gasteiger partial charge in [0, 0.05) is 20.2 Å². The summed E-state index contributed by atoms with van der Waals surface area (Å²) in [5, 5.41) is 11.4. The van der Waals surface area contributed by atoms with Gasteiger partial charge in [-0.2, -0.15) is 0 Å². The van der Waals surface area contributed by atoms with Gasteiger partial charge in [0.05, 0.1) is 28.9 Å². The van der Waals surface area contributed by atoms with E-state index in [1.165, 1.54) is 7.11 Å². The van der Waals surface area contributed by atoms with Crippen LogP contribution >= 0.6 is 55.1 Å². The molecule has 9 heteroatoms. The first-order valence-corrected chi connectivity index (χ1v) is 10.9. The van der Waals surface area contributed by atoms with Crippen LogP contribution in [-0.2, 0) is 0 Å². The second kappa shape index (κ2) is 8.59. The van der Waals surface area contributed by atoms with Crippen molar-refractivity contribution in [3.63, 3.8) is 0 Å². The van der Waals surface area contributed by atoms with E-state index in [-0.39, 0.29) is 5.75 Å². The first-order valence-electron chi connectivity index (χ1n) is 8.52. The van der Waals surface area contributed by atoms with Gasteiger partial charge in [0.1, 0.15) is 5.52 Å². The second-order valence-corrected chi connectivity index (χ2v) is 8.68. The lowest BCUT2D eigenvalue weighted by atomic mass is 10.2. The Bertz CT molecular complexity index is 1310. The number of rotatable bonds is 4. The lowest BCUT2D eigenvalue weighted by Crippen LogP contribution is -1.91. The van der Waals surface area contributed by atoms with E-state index >= 15 is 0 Å². The zero-order chi connectivity index (χ0) is 21.4. The number of hydrogen-bond acceptors (Lipinski definition) is 5. The van der Waals surface area contributed by atoms with Crippen LogP contribution in [0, 0.1) is 0 Å². The van der Waals surface area contributed by atoms with Crippen LogP contribution in [0.5, 0.6) is 11.5 Å². The highest BCUT2D eigenvalue weighted by Crippen LogP contribution is 2.40. The normalized spacial score (nSPS) is 11.5. The molecule has 0 unspecified atom stereocenters. The summed E-state index contributed by atoms with van der Waals surface area (Å²) in [7, 11) is 1.48. The topological polar surface area (TPSA) is 67.9 Å². The fraction of sp³-hybridized carbons (Fsp3) is 0.0476. The summed E-state index contributed by atoms with van der Waals surface area (Å²) in [5.41, 5.74) is 2.93. The van der Waals surface area contributed by atoms with Crippen molar-refractivity contribution >= 4 is 78.1 Å². The minimum Gasteiger partial charge on any atom is -0.504 e. The molecule has 0 aliphatic rings. The molecule has 0 radical (unpaired) electrons. The van der Waals surface area contributed by atoms with Crippen molar-refractivity contribution in [3.05, 3.63) is 67.0 Å². The van der Waals surface area contributed by atoms with Crippen molar-refractivity contribution in [1.29, 1.82) is 0 Å².